The fourth-order valence-corrected chi connectivity index (χ4v) is 2.44. The monoisotopic (exact) mass is 248 g/mol. The third-order valence-electron chi connectivity index (χ3n) is 4.12. The average Bonchev–Trinajstić information content (AvgIpc) is 2.36. The molecule has 2 rings (SSSR count). The Kier molecular flexibility index (Phi) is 3.91. The smallest absolute Gasteiger partial charge is 0.248 e. The van der Waals surface area contributed by atoms with E-state index in [1.807, 2.05) is 6.07 Å². The number of pyridine rings is 1. The molecule has 2 N–H and O–H groups in total. The molecule has 1 atom stereocenters. The Morgan fingerprint density at radius 1 is 1.44 bits per heavy atom. The van der Waals surface area contributed by atoms with Gasteiger partial charge in [-0.05, 0) is 36.7 Å². The van der Waals surface area contributed by atoms with E-state index < -0.39 is 0 Å². The van der Waals surface area contributed by atoms with Crippen LogP contribution in [0.2, 0.25) is 0 Å². The van der Waals surface area contributed by atoms with Crippen molar-refractivity contribution in [3.8, 4) is 0 Å². The van der Waals surface area contributed by atoms with E-state index in [0.29, 0.717) is 11.5 Å². The van der Waals surface area contributed by atoms with Crippen LogP contribution in [0, 0.1) is 5.41 Å². The van der Waals surface area contributed by atoms with Crippen LogP contribution in [0.4, 0.5) is 0 Å². The zero-order valence-electron chi connectivity index (χ0n) is 11.7. The molecule has 100 valence electrons. The number of fused-ring (bicyclic) bond motifs is 1. The summed E-state index contributed by atoms with van der Waals surface area (Å²) >= 11 is 0. The number of hydrogen-bond donors (Lipinski definition) is 2. The number of H-pyrrole nitrogens is 1. The van der Waals surface area contributed by atoms with E-state index >= 15 is 0 Å². The van der Waals surface area contributed by atoms with Gasteiger partial charge in [0.25, 0.3) is 0 Å². The lowest BCUT2D eigenvalue weighted by atomic mass is 9.87. The van der Waals surface area contributed by atoms with Crippen molar-refractivity contribution in [3.63, 3.8) is 0 Å². The number of aromatic amines is 1. The molecule has 0 fully saturated rings. The molecule has 0 aliphatic heterocycles. The Balaban J connectivity index is 2.11. The van der Waals surface area contributed by atoms with Crippen molar-refractivity contribution in [3.05, 3.63) is 33.7 Å². The summed E-state index contributed by atoms with van der Waals surface area (Å²) in [6.45, 7) is 7.83. The second kappa shape index (κ2) is 5.27. The summed E-state index contributed by atoms with van der Waals surface area (Å²) in [5.74, 6) is 0. The summed E-state index contributed by atoms with van der Waals surface area (Å²) in [5, 5.41) is 3.67. The topological polar surface area (TPSA) is 44.9 Å². The molecule has 1 aliphatic rings. The van der Waals surface area contributed by atoms with Crippen molar-refractivity contribution < 1.29 is 0 Å². The number of hydrogen-bond acceptors (Lipinski definition) is 2. The molecular formula is C15H24N2O. The Morgan fingerprint density at radius 3 is 2.94 bits per heavy atom. The van der Waals surface area contributed by atoms with Crippen molar-refractivity contribution in [2.24, 2.45) is 5.41 Å². The van der Waals surface area contributed by atoms with Crippen LogP contribution in [0.5, 0.6) is 0 Å². The summed E-state index contributed by atoms with van der Waals surface area (Å²) in [7, 11) is 0. The average molecular weight is 248 g/mol. The van der Waals surface area contributed by atoms with Gasteiger partial charge in [0.2, 0.25) is 5.56 Å². The molecule has 0 radical (unpaired) electrons. The van der Waals surface area contributed by atoms with Gasteiger partial charge in [0.1, 0.15) is 0 Å². The predicted molar refractivity (Wildman–Crippen MR) is 74.8 cm³/mol. The van der Waals surface area contributed by atoms with Crippen LogP contribution in [0.1, 0.15) is 57.3 Å². The molecule has 18 heavy (non-hydrogen) atoms. The SMILES string of the molecule is CCC(C)(C)CNC1CCCc2[nH]c(=O)ccc21. The van der Waals surface area contributed by atoms with Crippen LogP contribution in [-0.2, 0) is 6.42 Å². The van der Waals surface area contributed by atoms with Gasteiger partial charge in [-0.15, -0.1) is 0 Å². The van der Waals surface area contributed by atoms with Gasteiger partial charge in [-0.25, -0.2) is 0 Å². The molecule has 0 spiro atoms. The second-order valence-corrected chi connectivity index (χ2v) is 6.10. The van der Waals surface area contributed by atoms with E-state index in [4.69, 9.17) is 0 Å². The van der Waals surface area contributed by atoms with E-state index in [1.165, 1.54) is 18.4 Å². The van der Waals surface area contributed by atoms with Gasteiger partial charge in [-0.1, -0.05) is 26.8 Å². The van der Waals surface area contributed by atoms with Crippen LogP contribution < -0.4 is 10.9 Å². The first-order valence-corrected chi connectivity index (χ1v) is 6.97. The van der Waals surface area contributed by atoms with Crippen molar-refractivity contribution in [2.75, 3.05) is 6.54 Å². The quantitative estimate of drug-likeness (QED) is 0.860. The van der Waals surface area contributed by atoms with E-state index in [2.05, 4.69) is 31.1 Å². The summed E-state index contributed by atoms with van der Waals surface area (Å²) in [5.41, 5.74) is 2.76. The maximum Gasteiger partial charge on any atom is 0.248 e. The highest BCUT2D eigenvalue weighted by atomic mass is 16.1. The van der Waals surface area contributed by atoms with Crippen LogP contribution in [-0.4, -0.2) is 11.5 Å². The number of nitrogens with one attached hydrogen (secondary N) is 2. The minimum absolute atomic E-state index is 0.0169. The van der Waals surface area contributed by atoms with Crippen LogP contribution in [0.3, 0.4) is 0 Å². The first-order valence-electron chi connectivity index (χ1n) is 6.97. The molecule has 1 heterocycles. The molecule has 3 nitrogen and oxygen atoms in total. The fourth-order valence-electron chi connectivity index (χ4n) is 2.44. The van der Waals surface area contributed by atoms with E-state index in [-0.39, 0.29) is 5.56 Å². The lowest BCUT2D eigenvalue weighted by molar-refractivity contribution is 0.299. The number of aromatic nitrogens is 1. The number of aryl methyl sites for hydroxylation is 1. The van der Waals surface area contributed by atoms with Gasteiger partial charge in [0, 0.05) is 24.3 Å². The summed E-state index contributed by atoms with van der Waals surface area (Å²) in [6.07, 6.45) is 4.49. The van der Waals surface area contributed by atoms with Crippen LogP contribution in [0.25, 0.3) is 0 Å². The Hall–Kier alpha value is -1.09. The van der Waals surface area contributed by atoms with Crippen molar-refractivity contribution in [2.45, 2.75) is 52.5 Å². The molecule has 0 aromatic carbocycles. The van der Waals surface area contributed by atoms with E-state index in [1.54, 1.807) is 6.07 Å². The van der Waals surface area contributed by atoms with Gasteiger partial charge in [0.05, 0.1) is 0 Å². The molecule has 1 unspecified atom stereocenters. The highest BCUT2D eigenvalue weighted by molar-refractivity contribution is 5.26. The molecule has 1 aromatic rings. The van der Waals surface area contributed by atoms with Crippen LogP contribution >= 0.6 is 0 Å². The second-order valence-electron chi connectivity index (χ2n) is 6.10. The fraction of sp³-hybridized carbons (Fsp3) is 0.667. The minimum atomic E-state index is 0.0169. The summed E-state index contributed by atoms with van der Waals surface area (Å²) < 4.78 is 0. The maximum atomic E-state index is 11.3. The lowest BCUT2D eigenvalue weighted by Crippen LogP contribution is -2.34. The molecular weight excluding hydrogens is 224 g/mol. The maximum absolute atomic E-state index is 11.3. The van der Waals surface area contributed by atoms with Crippen molar-refractivity contribution in [1.29, 1.82) is 0 Å². The van der Waals surface area contributed by atoms with E-state index in [9.17, 15) is 4.79 Å². The molecule has 3 heteroatoms. The normalized spacial score (nSPS) is 19.6. The van der Waals surface area contributed by atoms with Gasteiger partial charge < -0.3 is 10.3 Å². The van der Waals surface area contributed by atoms with Crippen LogP contribution in [0.15, 0.2) is 16.9 Å². The van der Waals surface area contributed by atoms with Crippen molar-refractivity contribution in [1.82, 2.24) is 10.3 Å². The standard InChI is InChI=1S/C15H24N2O/c1-4-15(2,3)10-16-12-6-5-7-13-11(12)8-9-14(18)17-13/h8-9,12,16H,4-7,10H2,1-3H3,(H,17,18). The lowest BCUT2D eigenvalue weighted by Gasteiger charge is -2.30. The zero-order chi connectivity index (χ0) is 13.2. The predicted octanol–water partition coefficient (Wildman–Crippen LogP) is 2.78. The third-order valence-corrected chi connectivity index (χ3v) is 4.12. The van der Waals surface area contributed by atoms with Gasteiger partial charge in [-0.2, -0.15) is 0 Å². The third kappa shape index (κ3) is 3.02. The largest absolute Gasteiger partial charge is 0.326 e. The molecule has 0 saturated carbocycles. The Bertz CT molecular complexity index is 462. The highest BCUT2D eigenvalue weighted by Gasteiger charge is 2.23. The van der Waals surface area contributed by atoms with Crippen molar-refractivity contribution >= 4 is 0 Å². The van der Waals surface area contributed by atoms with Gasteiger partial charge >= 0.3 is 0 Å². The van der Waals surface area contributed by atoms with E-state index in [0.717, 1.165) is 25.1 Å². The summed E-state index contributed by atoms with van der Waals surface area (Å²) in [6, 6.07) is 4.03. The first kappa shape index (κ1) is 13.3. The Morgan fingerprint density at radius 2 is 2.22 bits per heavy atom. The molecule has 1 aromatic heterocycles. The van der Waals surface area contributed by atoms with Gasteiger partial charge in [-0.3, -0.25) is 4.79 Å². The summed E-state index contributed by atoms with van der Waals surface area (Å²) in [4.78, 5) is 14.3. The molecule has 0 saturated heterocycles. The number of rotatable bonds is 4. The highest BCUT2D eigenvalue weighted by Crippen LogP contribution is 2.29. The minimum Gasteiger partial charge on any atom is -0.326 e. The Labute approximate surface area is 109 Å². The zero-order valence-corrected chi connectivity index (χ0v) is 11.7. The molecule has 0 bridgehead atoms. The molecule has 0 amide bonds. The molecule has 1 aliphatic carbocycles. The van der Waals surface area contributed by atoms with Gasteiger partial charge in [0.15, 0.2) is 0 Å². The first-order chi connectivity index (χ1) is 8.52.